The van der Waals surface area contributed by atoms with Crippen LogP contribution < -0.4 is 0 Å². The van der Waals surface area contributed by atoms with Gasteiger partial charge in [-0.2, -0.15) is 0 Å². The highest BCUT2D eigenvalue weighted by atomic mass is 32.2. The summed E-state index contributed by atoms with van der Waals surface area (Å²) in [5.41, 5.74) is 2.06. The van der Waals surface area contributed by atoms with Crippen LogP contribution in [0, 0.1) is 0 Å². The number of carbonyl (C=O) groups excluding carboxylic acids is 1. The summed E-state index contributed by atoms with van der Waals surface area (Å²) in [4.78, 5) is 17.1. The lowest BCUT2D eigenvalue weighted by Crippen LogP contribution is -2.42. The van der Waals surface area contributed by atoms with E-state index in [1.165, 1.54) is 0 Å². The summed E-state index contributed by atoms with van der Waals surface area (Å²) < 4.78 is 26.2. The van der Waals surface area contributed by atoms with E-state index in [-0.39, 0.29) is 23.9 Å². The quantitative estimate of drug-likeness (QED) is 0.469. The fourth-order valence-electron chi connectivity index (χ4n) is 4.90. The van der Waals surface area contributed by atoms with Gasteiger partial charge in [0.15, 0.2) is 9.84 Å². The highest BCUT2D eigenvalue weighted by Gasteiger charge is 2.58. The van der Waals surface area contributed by atoms with Gasteiger partial charge in [0.1, 0.15) is 0 Å². The molecule has 2 aromatic rings. The molecule has 0 N–H and O–H groups in total. The van der Waals surface area contributed by atoms with E-state index < -0.39 is 15.1 Å². The molecule has 0 aliphatic carbocycles. The minimum Gasteiger partial charge on any atom is -0.314 e. The van der Waals surface area contributed by atoms with E-state index >= 15 is 0 Å². The lowest BCUT2D eigenvalue weighted by atomic mass is 10.0. The molecule has 2 aliphatic heterocycles. The summed E-state index contributed by atoms with van der Waals surface area (Å²) in [7, 11) is -3.24. The summed E-state index contributed by atoms with van der Waals surface area (Å²) >= 11 is 0. The highest BCUT2D eigenvalue weighted by molar-refractivity contribution is 7.92. The largest absolute Gasteiger partial charge is 0.321 e. The van der Waals surface area contributed by atoms with E-state index in [0.717, 1.165) is 30.4 Å². The van der Waals surface area contributed by atoms with Crippen molar-refractivity contribution in [1.82, 2.24) is 9.80 Å². The van der Waals surface area contributed by atoms with Crippen molar-refractivity contribution in [3.05, 3.63) is 71.8 Å². The van der Waals surface area contributed by atoms with Crippen LogP contribution in [-0.4, -0.2) is 47.3 Å². The van der Waals surface area contributed by atoms with Crippen LogP contribution in [0.15, 0.2) is 60.7 Å². The van der Waals surface area contributed by atoms with E-state index in [2.05, 4.69) is 6.92 Å². The zero-order chi connectivity index (χ0) is 21.1. The second-order valence-electron chi connectivity index (χ2n) is 8.43. The van der Waals surface area contributed by atoms with E-state index in [1.807, 2.05) is 65.6 Å². The van der Waals surface area contributed by atoms with Crippen LogP contribution >= 0.6 is 0 Å². The molecular weight excluding hydrogens is 396 g/mol. The van der Waals surface area contributed by atoms with Gasteiger partial charge < -0.3 is 9.80 Å². The number of hydrogen-bond donors (Lipinski definition) is 0. The first kappa shape index (κ1) is 20.9. The number of rotatable bonds is 8. The summed E-state index contributed by atoms with van der Waals surface area (Å²) in [5.74, 6) is 0.0678. The minimum atomic E-state index is -3.24. The molecule has 0 aromatic heterocycles. The maximum absolute atomic E-state index is 13.5. The normalized spacial score (nSPS) is 25.0. The Kier molecular flexibility index (Phi) is 6.14. The van der Waals surface area contributed by atoms with Gasteiger partial charge in [0, 0.05) is 13.1 Å². The Morgan fingerprint density at radius 2 is 1.43 bits per heavy atom. The van der Waals surface area contributed by atoms with Crippen molar-refractivity contribution in [1.29, 1.82) is 0 Å². The molecule has 30 heavy (non-hydrogen) atoms. The van der Waals surface area contributed by atoms with Crippen LogP contribution in [0.5, 0.6) is 0 Å². The molecule has 3 atom stereocenters. The van der Waals surface area contributed by atoms with Crippen molar-refractivity contribution in [2.75, 3.05) is 5.75 Å². The fourth-order valence-corrected chi connectivity index (χ4v) is 7.28. The van der Waals surface area contributed by atoms with Crippen LogP contribution in [0.3, 0.4) is 0 Å². The molecule has 2 saturated heterocycles. The second kappa shape index (κ2) is 8.80. The molecule has 2 heterocycles. The van der Waals surface area contributed by atoms with Gasteiger partial charge in [-0.1, -0.05) is 86.8 Å². The van der Waals surface area contributed by atoms with Crippen molar-refractivity contribution < 1.29 is 13.2 Å². The first-order valence-electron chi connectivity index (χ1n) is 10.9. The van der Waals surface area contributed by atoms with Crippen LogP contribution in [0.25, 0.3) is 0 Å². The number of fused-ring (bicyclic) bond motifs is 1. The van der Waals surface area contributed by atoms with Crippen molar-refractivity contribution in [2.45, 2.75) is 63.0 Å². The molecule has 6 heteroatoms. The number of amides is 2. The van der Waals surface area contributed by atoms with Crippen LogP contribution in [0.1, 0.15) is 43.7 Å². The molecular formula is C24H30N2O3S. The molecule has 0 saturated carbocycles. The number of unbranched alkanes of at least 4 members (excludes halogenated alkanes) is 2. The van der Waals surface area contributed by atoms with Gasteiger partial charge >= 0.3 is 6.03 Å². The van der Waals surface area contributed by atoms with E-state index in [1.54, 1.807) is 4.90 Å². The van der Waals surface area contributed by atoms with Gasteiger partial charge in [-0.15, -0.1) is 0 Å². The minimum absolute atomic E-state index is 0.0481. The van der Waals surface area contributed by atoms with Gasteiger partial charge in [0.2, 0.25) is 0 Å². The molecule has 2 aliphatic rings. The summed E-state index contributed by atoms with van der Waals surface area (Å²) in [6, 6.07) is 19.1. The SMILES string of the molecule is CCCCC[C@@H]1[C@@H]2[C@H](CS1(=O)=O)N(Cc1ccccc1)C(=O)N2Cc1ccccc1. The third-order valence-corrected chi connectivity index (χ3v) is 8.62. The van der Waals surface area contributed by atoms with E-state index in [0.29, 0.717) is 19.5 Å². The number of carbonyl (C=O) groups is 1. The molecule has 2 aromatic carbocycles. The first-order valence-corrected chi connectivity index (χ1v) is 12.6. The van der Waals surface area contributed by atoms with Gasteiger partial charge in [-0.25, -0.2) is 13.2 Å². The van der Waals surface area contributed by atoms with Gasteiger partial charge in [0.05, 0.1) is 23.1 Å². The summed E-state index contributed by atoms with van der Waals surface area (Å²) in [5, 5.41) is -0.470. The molecule has 0 unspecified atom stereocenters. The number of nitrogens with zero attached hydrogens (tertiary/aromatic N) is 2. The summed E-state index contributed by atoms with van der Waals surface area (Å²) in [6.07, 6.45) is 3.59. The Hall–Kier alpha value is -2.34. The van der Waals surface area contributed by atoms with Crippen molar-refractivity contribution in [2.24, 2.45) is 0 Å². The van der Waals surface area contributed by atoms with Gasteiger partial charge in [-0.3, -0.25) is 0 Å². The Morgan fingerprint density at radius 3 is 2.00 bits per heavy atom. The number of benzene rings is 2. The van der Waals surface area contributed by atoms with Crippen LogP contribution in [0.4, 0.5) is 4.79 Å². The zero-order valence-electron chi connectivity index (χ0n) is 17.5. The lowest BCUT2D eigenvalue weighted by Gasteiger charge is -2.27. The topological polar surface area (TPSA) is 57.7 Å². The predicted octanol–water partition coefficient (Wildman–Crippen LogP) is 4.24. The highest BCUT2D eigenvalue weighted by Crippen LogP contribution is 2.39. The van der Waals surface area contributed by atoms with Gasteiger partial charge in [-0.05, 0) is 17.5 Å². The molecule has 0 radical (unpaired) electrons. The predicted molar refractivity (Wildman–Crippen MR) is 119 cm³/mol. The number of sulfone groups is 1. The van der Waals surface area contributed by atoms with E-state index in [9.17, 15) is 13.2 Å². The third kappa shape index (κ3) is 4.10. The third-order valence-electron chi connectivity index (χ3n) is 6.37. The molecule has 0 spiro atoms. The monoisotopic (exact) mass is 426 g/mol. The van der Waals surface area contributed by atoms with Crippen LogP contribution in [0.2, 0.25) is 0 Å². The molecule has 160 valence electrons. The average molecular weight is 427 g/mol. The Balaban J connectivity index is 1.65. The lowest BCUT2D eigenvalue weighted by molar-refractivity contribution is 0.180. The maximum atomic E-state index is 13.5. The smallest absolute Gasteiger partial charge is 0.314 e. The molecule has 0 bridgehead atoms. The van der Waals surface area contributed by atoms with Crippen molar-refractivity contribution in [3.8, 4) is 0 Å². The first-order chi connectivity index (χ1) is 14.5. The average Bonchev–Trinajstić information content (AvgIpc) is 3.14. The molecule has 2 fully saturated rings. The Bertz CT molecular complexity index is 962. The molecule has 5 nitrogen and oxygen atoms in total. The Morgan fingerprint density at radius 1 is 0.867 bits per heavy atom. The second-order valence-corrected chi connectivity index (χ2v) is 10.7. The number of urea groups is 1. The van der Waals surface area contributed by atoms with Crippen molar-refractivity contribution in [3.63, 3.8) is 0 Å². The van der Waals surface area contributed by atoms with Gasteiger partial charge in [0.25, 0.3) is 0 Å². The summed E-state index contributed by atoms with van der Waals surface area (Å²) in [6.45, 7) is 3.02. The van der Waals surface area contributed by atoms with E-state index in [4.69, 9.17) is 0 Å². The zero-order valence-corrected chi connectivity index (χ0v) is 18.3. The van der Waals surface area contributed by atoms with Crippen LogP contribution in [-0.2, 0) is 22.9 Å². The fraction of sp³-hybridized carbons (Fsp3) is 0.458. The molecule has 4 rings (SSSR count). The molecule has 2 amide bonds. The Labute approximate surface area is 179 Å². The maximum Gasteiger partial charge on any atom is 0.321 e. The van der Waals surface area contributed by atoms with Crippen molar-refractivity contribution >= 4 is 15.9 Å². The number of hydrogen-bond acceptors (Lipinski definition) is 3. The standard InChI is InChI=1S/C24H30N2O3S/c1-2-3-6-15-22-23-21(18-30(22,28)29)25(16-19-11-7-4-8-12-19)24(27)26(23)17-20-13-9-5-10-14-20/h4-5,7-14,21-23H,2-3,6,15-18H2,1H3/t21-,22+,23-/m0/s1.